The first-order valence-corrected chi connectivity index (χ1v) is 14.8. The topological polar surface area (TPSA) is 99.8 Å². The lowest BCUT2D eigenvalue weighted by molar-refractivity contribution is 0.0219. The largest absolute Gasteiger partial charge is 0.444 e. The summed E-state index contributed by atoms with van der Waals surface area (Å²) in [6.07, 6.45) is 10.4. The molecule has 41 heavy (non-hydrogen) atoms. The number of likely N-dealkylation sites (tertiary alicyclic amines) is 1. The fourth-order valence-electron chi connectivity index (χ4n) is 6.30. The van der Waals surface area contributed by atoms with Gasteiger partial charge in [-0.3, -0.25) is 9.88 Å². The zero-order valence-corrected chi connectivity index (χ0v) is 23.9. The minimum Gasteiger partial charge on any atom is -0.444 e. The van der Waals surface area contributed by atoms with Crippen LogP contribution in [0.2, 0.25) is 0 Å². The molecule has 2 aliphatic rings. The van der Waals surface area contributed by atoms with Gasteiger partial charge in [-0.15, -0.1) is 0 Å². The van der Waals surface area contributed by atoms with E-state index >= 15 is 0 Å². The van der Waals surface area contributed by atoms with E-state index < -0.39 is 5.60 Å². The van der Waals surface area contributed by atoms with Crippen LogP contribution in [-0.4, -0.2) is 48.1 Å². The van der Waals surface area contributed by atoms with Crippen molar-refractivity contribution in [2.45, 2.75) is 76.9 Å². The Labute approximate surface area is 239 Å². The molecule has 0 spiro atoms. The summed E-state index contributed by atoms with van der Waals surface area (Å²) in [5, 5.41) is 1.09. The van der Waals surface area contributed by atoms with Gasteiger partial charge in [0, 0.05) is 29.6 Å². The zero-order valence-electron chi connectivity index (χ0n) is 23.9. The second-order valence-electron chi connectivity index (χ2n) is 12.5. The molecule has 3 aromatic heterocycles. The van der Waals surface area contributed by atoms with E-state index in [2.05, 4.69) is 51.4 Å². The van der Waals surface area contributed by atoms with Gasteiger partial charge in [0.1, 0.15) is 17.2 Å². The third-order valence-corrected chi connectivity index (χ3v) is 8.36. The van der Waals surface area contributed by atoms with Crippen molar-refractivity contribution in [2.75, 3.05) is 6.54 Å². The molecule has 4 heterocycles. The van der Waals surface area contributed by atoms with Crippen LogP contribution >= 0.6 is 0 Å². The molecule has 210 valence electrons. The number of aromatic amines is 2. The van der Waals surface area contributed by atoms with Crippen molar-refractivity contribution in [1.82, 2.24) is 29.8 Å². The first-order valence-electron chi connectivity index (χ1n) is 14.8. The number of amides is 1. The second-order valence-corrected chi connectivity index (χ2v) is 12.5. The molecule has 8 nitrogen and oxygen atoms in total. The number of nitrogens with zero attached hydrogens (tertiary/aromatic N) is 4. The number of imidazole rings is 2. The highest BCUT2D eigenvalue weighted by Gasteiger charge is 2.35. The first-order chi connectivity index (χ1) is 19.8. The van der Waals surface area contributed by atoms with Crippen LogP contribution in [0.5, 0.6) is 0 Å². The van der Waals surface area contributed by atoms with E-state index in [0.29, 0.717) is 12.5 Å². The number of benzene rings is 2. The molecule has 1 aliphatic heterocycles. The van der Waals surface area contributed by atoms with E-state index in [-0.39, 0.29) is 12.1 Å². The SMILES string of the molecule is CC(C)(C)OC(=O)N1CCC[C@H]1c1nc2ccc(-c3ccc4cc(-c5cnc(C6CCCC6)[nH]5)cnc4c3)cc2[nH]1. The lowest BCUT2D eigenvalue weighted by atomic mass is 10.0. The molecule has 1 aliphatic carbocycles. The van der Waals surface area contributed by atoms with Gasteiger partial charge >= 0.3 is 6.09 Å². The van der Waals surface area contributed by atoms with Crippen molar-refractivity contribution >= 4 is 28.0 Å². The van der Waals surface area contributed by atoms with Crippen LogP contribution in [0.15, 0.2) is 54.9 Å². The number of H-pyrrole nitrogens is 2. The van der Waals surface area contributed by atoms with Gasteiger partial charge in [-0.2, -0.15) is 0 Å². The maximum atomic E-state index is 12.8. The minimum atomic E-state index is -0.527. The van der Waals surface area contributed by atoms with Gasteiger partial charge < -0.3 is 14.7 Å². The number of fused-ring (bicyclic) bond motifs is 2. The standard InChI is InChI=1S/C33H36N6O2/c1-33(2,3)41-32(40)39-14-6-9-29(39)31-36-25-13-12-22(17-27(25)37-31)21-10-11-23-15-24(18-34-26(23)16-21)28-19-35-30(38-28)20-7-4-5-8-20/h10-13,15-20,29H,4-9,14H2,1-3H3,(H,35,38)(H,36,37)/t29-/m0/s1. The van der Waals surface area contributed by atoms with E-state index in [1.807, 2.05) is 39.2 Å². The van der Waals surface area contributed by atoms with E-state index in [4.69, 9.17) is 14.7 Å². The molecule has 1 atom stereocenters. The van der Waals surface area contributed by atoms with Gasteiger partial charge in [0.05, 0.1) is 34.5 Å². The monoisotopic (exact) mass is 548 g/mol. The Morgan fingerprint density at radius 2 is 1.66 bits per heavy atom. The number of hydrogen-bond acceptors (Lipinski definition) is 5. The van der Waals surface area contributed by atoms with Crippen molar-refractivity contribution in [3.8, 4) is 22.4 Å². The van der Waals surface area contributed by atoms with Gasteiger partial charge in [-0.1, -0.05) is 31.0 Å². The van der Waals surface area contributed by atoms with Gasteiger partial charge in [0.15, 0.2) is 0 Å². The Bertz CT molecular complexity index is 1740. The van der Waals surface area contributed by atoms with Crippen molar-refractivity contribution in [3.05, 3.63) is 66.5 Å². The highest BCUT2D eigenvalue weighted by molar-refractivity contribution is 5.89. The summed E-state index contributed by atoms with van der Waals surface area (Å²) < 4.78 is 5.65. The van der Waals surface area contributed by atoms with Crippen LogP contribution in [0.1, 0.15) is 82.9 Å². The summed E-state index contributed by atoms with van der Waals surface area (Å²) in [6, 6.07) is 14.7. The highest BCUT2D eigenvalue weighted by Crippen LogP contribution is 2.35. The quantitative estimate of drug-likeness (QED) is 0.238. The fourth-order valence-corrected chi connectivity index (χ4v) is 6.30. The lowest BCUT2D eigenvalue weighted by Gasteiger charge is -2.27. The molecule has 1 saturated carbocycles. The summed E-state index contributed by atoms with van der Waals surface area (Å²) in [5.41, 5.74) is 6.53. The molecule has 5 aromatic rings. The first kappa shape index (κ1) is 25.7. The molecule has 1 saturated heterocycles. The number of pyridine rings is 1. The van der Waals surface area contributed by atoms with E-state index in [0.717, 1.165) is 68.8 Å². The maximum Gasteiger partial charge on any atom is 0.410 e. The van der Waals surface area contributed by atoms with Crippen molar-refractivity contribution < 1.29 is 9.53 Å². The van der Waals surface area contributed by atoms with Gasteiger partial charge in [0.25, 0.3) is 0 Å². The van der Waals surface area contributed by atoms with Crippen molar-refractivity contribution in [2.24, 2.45) is 0 Å². The average Bonchev–Trinajstić information content (AvgIpc) is 3.77. The highest BCUT2D eigenvalue weighted by atomic mass is 16.6. The Kier molecular flexibility index (Phi) is 6.29. The number of aromatic nitrogens is 5. The molecular formula is C33H36N6O2. The Morgan fingerprint density at radius 1 is 0.854 bits per heavy atom. The van der Waals surface area contributed by atoms with Crippen LogP contribution in [0.3, 0.4) is 0 Å². The number of rotatable bonds is 4. The number of ether oxygens (including phenoxy) is 1. The third kappa shape index (κ3) is 5.07. The summed E-state index contributed by atoms with van der Waals surface area (Å²) in [6.45, 7) is 6.36. The lowest BCUT2D eigenvalue weighted by Crippen LogP contribution is -2.36. The van der Waals surface area contributed by atoms with Crippen molar-refractivity contribution in [3.63, 3.8) is 0 Å². The van der Waals surface area contributed by atoms with Crippen molar-refractivity contribution in [1.29, 1.82) is 0 Å². The third-order valence-electron chi connectivity index (χ3n) is 8.36. The molecule has 7 rings (SSSR count). The van der Waals surface area contributed by atoms with Crippen LogP contribution in [0, 0.1) is 0 Å². The van der Waals surface area contributed by atoms with Crippen LogP contribution in [0.25, 0.3) is 44.3 Å². The number of carbonyl (C=O) groups excluding carboxylic acids is 1. The summed E-state index contributed by atoms with van der Waals surface area (Å²) in [4.78, 5) is 36.0. The van der Waals surface area contributed by atoms with Gasteiger partial charge in [0.2, 0.25) is 0 Å². The summed E-state index contributed by atoms with van der Waals surface area (Å²) in [7, 11) is 0. The average molecular weight is 549 g/mol. The maximum absolute atomic E-state index is 12.8. The molecule has 0 bridgehead atoms. The van der Waals surface area contributed by atoms with Gasteiger partial charge in [-0.05, 0) is 81.8 Å². The number of nitrogens with one attached hydrogen (secondary N) is 2. The molecular weight excluding hydrogens is 512 g/mol. The van der Waals surface area contributed by atoms with Crippen LogP contribution in [-0.2, 0) is 4.74 Å². The van der Waals surface area contributed by atoms with E-state index in [1.54, 1.807) is 4.90 Å². The van der Waals surface area contributed by atoms with Crippen LogP contribution < -0.4 is 0 Å². The Balaban J connectivity index is 1.13. The summed E-state index contributed by atoms with van der Waals surface area (Å²) in [5.74, 6) is 2.48. The molecule has 0 radical (unpaired) electrons. The fraction of sp³-hybridized carbons (Fsp3) is 0.394. The molecule has 2 aromatic carbocycles. The second kappa shape index (κ2) is 10.0. The smallest absolute Gasteiger partial charge is 0.410 e. The predicted molar refractivity (Wildman–Crippen MR) is 161 cm³/mol. The van der Waals surface area contributed by atoms with E-state index in [9.17, 15) is 4.79 Å². The molecule has 8 heteroatoms. The normalized spacial score (nSPS) is 18.1. The Hall–Kier alpha value is -4.20. The minimum absolute atomic E-state index is 0.108. The van der Waals surface area contributed by atoms with E-state index in [1.165, 1.54) is 25.7 Å². The molecule has 2 fully saturated rings. The van der Waals surface area contributed by atoms with Gasteiger partial charge in [-0.25, -0.2) is 14.8 Å². The molecule has 1 amide bonds. The number of carbonyl (C=O) groups is 1. The summed E-state index contributed by atoms with van der Waals surface area (Å²) >= 11 is 0. The number of hydrogen-bond donors (Lipinski definition) is 2. The molecule has 2 N–H and O–H groups in total. The molecule has 0 unspecified atom stereocenters. The van der Waals surface area contributed by atoms with Crippen LogP contribution in [0.4, 0.5) is 4.79 Å². The predicted octanol–water partition coefficient (Wildman–Crippen LogP) is 7.90. The Morgan fingerprint density at radius 3 is 2.49 bits per heavy atom. The zero-order chi connectivity index (χ0) is 28.1.